The third-order valence-corrected chi connectivity index (χ3v) is 4.42. The van der Waals surface area contributed by atoms with Crippen molar-refractivity contribution in [1.82, 2.24) is 0 Å². The highest BCUT2D eigenvalue weighted by atomic mass is 16.2. The van der Waals surface area contributed by atoms with Crippen molar-refractivity contribution < 1.29 is 9.59 Å². The number of ketones is 2. The van der Waals surface area contributed by atoms with Gasteiger partial charge >= 0.3 is 0 Å². The zero-order chi connectivity index (χ0) is 9.05. The topological polar surface area (TPSA) is 34.1 Å². The van der Waals surface area contributed by atoms with Crippen molar-refractivity contribution in [1.29, 1.82) is 0 Å². The van der Waals surface area contributed by atoms with E-state index in [0.717, 1.165) is 19.3 Å². The number of hydrogen-bond donors (Lipinski definition) is 0. The van der Waals surface area contributed by atoms with Crippen molar-refractivity contribution in [2.45, 2.75) is 38.5 Å². The largest absolute Gasteiger partial charge is 0.299 e. The van der Waals surface area contributed by atoms with Gasteiger partial charge in [-0.15, -0.1) is 0 Å². The van der Waals surface area contributed by atoms with E-state index < -0.39 is 5.41 Å². The molecule has 0 saturated heterocycles. The van der Waals surface area contributed by atoms with E-state index in [1.807, 2.05) is 0 Å². The molecule has 1 spiro atoms. The van der Waals surface area contributed by atoms with E-state index in [0.29, 0.717) is 24.7 Å². The second-order valence-corrected chi connectivity index (χ2v) is 4.90. The minimum atomic E-state index is -0.455. The number of hydrogen-bond acceptors (Lipinski definition) is 2. The highest BCUT2D eigenvalue weighted by Crippen LogP contribution is 2.59. The van der Waals surface area contributed by atoms with E-state index in [-0.39, 0.29) is 11.6 Å². The summed E-state index contributed by atoms with van der Waals surface area (Å²) in [5, 5.41) is 0. The molecular formula is C11H14O2. The maximum absolute atomic E-state index is 11.8. The molecule has 3 fully saturated rings. The Bertz CT molecular complexity index is 276. The summed E-state index contributed by atoms with van der Waals surface area (Å²) in [5.41, 5.74) is -0.455. The van der Waals surface area contributed by atoms with Crippen LogP contribution in [0, 0.1) is 17.3 Å². The molecule has 0 unspecified atom stereocenters. The first-order valence-electron chi connectivity index (χ1n) is 5.30. The van der Waals surface area contributed by atoms with Crippen molar-refractivity contribution in [2.75, 3.05) is 0 Å². The Kier molecular flexibility index (Phi) is 1.32. The lowest BCUT2D eigenvalue weighted by Gasteiger charge is -2.30. The first-order valence-corrected chi connectivity index (χ1v) is 5.30. The Morgan fingerprint density at radius 1 is 1.08 bits per heavy atom. The number of rotatable bonds is 0. The molecule has 3 aliphatic rings. The van der Waals surface area contributed by atoms with Gasteiger partial charge in [0, 0.05) is 12.8 Å². The average Bonchev–Trinajstić information content (AvgIpc) is 2.77. The second-order valence-electron chi connectivity index (χ2n) is 4.90. The van der Waals surface area contributed by atoms with Gasteiger partial charge in [-0.3, -0.25) is 9.59 Å². The Labute approximate surface area is 77.7 Å². The summed E-state index contributed by atoms with van der Waals surface area (Å²) in [7, 11) is 0. The first kappa shape index (κ1) is 7.72. The summed E-state index contributed by atoms with van der Waals surface area (Å²) in [6.07, 6.45) is 5.49. The zero-order valence-electron chi connectivity index (χ0n) is 7.71. The van der Waals surface area contributed by atoms with Gasteiger partial charge in [-0.05, 0) is 31.1 Å². The number of fused-ring (bicyclic) bond motifs is 3. The molecule has 13 heavy (non-hydrogen) atoms. The van der Waals surface area contributed by atoms with Crippen molar-refractivity contribution in [2.24, 2.45) is 17.3 Å². The average molecular weight is 178 g/mol. The van der Waals surface area contributed by atoms with Gasteiger partial charge in [-0.1, -0.05) is 6.42 Å². The van der Waals surface area contributed by atoms with Crippen molar-refractivity contribution in [3.8, 4) is 0 Å². The molecule has 2 heteroatoms. The van der Waals surface area contributed by atoms with Crippen molar-refractivity contribution >= 4 is 11.6 Å². The molecule has 0 aromatic rings. The predicted molar refractivity (Wildman–Crippen MR) is 47.1 cm³/mol. The molecule has 0 aliphatic heterocycles. The molecule has 2 bridgehead atoms. The molecule has 3 saturated carbocycles. The Balaban J connectivity index is 2.04. The third kappa shape index (κ3) is 0.749. The highest BCUT2D eigenvalue weighted by molar-refractivity contribution is 6.13. The van der Waals surface area contributed by atoms with E-state index in [1.165, 1.54) is 6.42 Å². The molecule has 2 nitrogen and oxygen atoms in total. The van der Waals surface area contributed by atoms with Gasteiger partial charge < -0.3 is 0 Å². The summed E-state index contributed by atoms with van der Waals surface area (Å²) in [6, 6.07) is 0. The summed E-state index contributed by atoms with van der Waals surface area (Å²) in [4.78, 5) is 23.6. The van der Waals surface area contributed by atoms with Crippen LogP contribution in [0.5, 0.6) is 0 Å². The number of Topliss-reactive ketones (excluding diaryl/α,β-unsaturated/α-hetero) is 2. The third-order valence-electron chi connectivity index (χ3n) is 4.42. The fraction of sp³-hybridized carbons (Fsp3) is 0.818. The number of carbonyl (C=O) groups excluding carboxylic acids is 2. The van der Waals surface area contributed by atoms with Crippen LogP contribution >= 0.6 is 0 Å². The molecule has 2 atom stereocenters. The van der Waals surface area contributed by atoms with Crippen LogP contribution < -0.4 is 0 Å². The Morgan fingerprint density at radius 2 is 1.77 bits per heavy atom. The van der Waals surface area contributed by atoms with Crippen LogP contribution in [0.4, 0.5) is 0 Å². The van der Waals surface area contributed by atoms with Gasteiger partial charge in [0.2, 0.25) is 0 Å². The lowest BCUT2D eigenvalue weighted by molar-refractivity contribution is -0.138. The van der Waals surface area contributed by atoms with Crippen LogP contribution in [0.25, 0.3) is 0 Å². The molecule has 3 aliphatic carbocycles. The molecule has 0 aromatic heterocycles. The van der Waals surface area contributed by atoms with E-state index >= 15 is 0 Å². The van der Waals surface area contributed by atoms with Crippen LogP contribution in [0.1, 0.15) is 38.5 Å². The minimum absolute atomic E-state index is 0.268. The Hall–Kier alpha value is -0.660. The molecule has 70 valence electrons. The predicted octanol–water partition coefficient (Wildman–Crippen LogP) is 1.72. The molecule has 3 rings (SSSR count). The van der Waals surface area contributed by atoms with Gasteiger partial charge in [0.25, 0.3) is 0 Å². The molecule has 0 amide bonds. The molecule has 0 N–H and O–H groups in total. The molecule has 0 heterocycles. The highest BCUT2D eigenvalue weighted by Gasteiger charge is 2.61. The molecular weight excluding hydrogens is 164 g/mol. The summed E-state index contributed by atoms with van der Waals surface area (Å²) in [6.45, 7) is 0. The maximum Gasteiger partial charge on any atom is 0.147 e. The lowest BCUT2D eigenvalue weighted by atomic mass is 9.70. The van der Waals surface area contributed by atoms with E-state index in [1.54, 1.807) is 0 Å². The summed E-state index contributed by atoms with van der Waals surface area (Å²) < 4.78 is 0. The van der Waals surface area contributed by atoms with Crippen LogP contribution in [0.2, 0.25) is 0 Å². The summed E-state index contributed by atoms with van der Waals surface area (Å²) >= 11 is 0. The standard InChI is InChI=1S/C11H14O2/c12-9-3-4-10(13)11(9)6-7-1-2-8(11)5-7/h7-8H,1-6H2/t7-,8+/m1/s1. The number of carbonyl (C=O) groups is 2. The first-order chi connectivity index (χ1) is 6.23. The van der Waals surface area contributed by atoms with Crippen molar-refractivity contribution in [3.05, 3.63) is 0 Å². The Morgan fingerprint density at radius 3 is 2.23 bits per heavy atom. The summed E-state index contributed by atoms with van der Waals surface area (Å²) in [5.74, 6) is 1.66. The van der Waals surface area contributed by atoms with Gasteiger partial charge in [0.05, 0.1) is 5.41 Å². The van der Waals surface area contributed by atoms with Crippen LogP contribution in [0.3, 0.4) is 0 Å². The minimum Gasteiger partial charge on any atom is -0.299 e. The van der Waals surface area contributed by atoms with E-state index in [9.17, 15) is 9.59 Å². The lowest BCUT2D eigenvalue weighted by Crippen LogP contribution is -2.38. The van der Waals surface area contributed by atoms with Crippen molar-refractivity contribution in [3.63, 3.8) is 0 Å². The van der Waals surface area contributed by atoms with Gasteiger partial charge in [-0.2, -0.15) is 0 Å². The fourth-order valence-corrected chi connectivity index (χ4v) is 3.84. The van der Waals surface area contributed by atoms with Gasteiger partial charge in [0.1, 0.15) is 11.6 Å². The molecule has 0 aromatic carbocycles. The van der Waals surface area contributed by atoms with Crippen LogP contribution in [-0.4, -0.2) is 11.6 Å². The zero-order valence-corrected chi connectivity index (χ0v) is 7.71. The normalized spacial score (nSPS) is 40.9. The van der Waals surface area contributed by atoms with Gasteiger partial charge in [0.15, 0.2) is 0 Å². The van der Waals surface area contributed by atoms with E-state index in [4.69, 9.17) is 0 Å². The quantitative estimate of drug-likeness (QED) is 0.529. The smallest absolute Gasteiger partial charge is 0.147 e. The van der Waals surface area contributed by atoms with Crippen LogP contribution in [0.15, 0.2) is 0 Å². The second kappa shape index (κ2) is 2.23. The van der Waals surface area contributed by atoms with E-state index in [2.05, 4.69) is 0 Å². The molecule has 0 radical (unpaired) electrons. The fourth-order valence-electron chi connectivity index (χ4n) is 3.84. The van der Waals surface area contributed by atoms with Crippen LogP contribution in [-0.2, 0) is 9.59 Å². The van der Waals surface area contributed by atoms with Gasteiger partial charge in [-0.25, -0.2) is 0 Å². The monoisotopic (exact) mass is 178 g/mol. The SMILES string of the molecule is O=C1CCC(=O)C12C[C@@H]1CC[C@H]2C1. The maximum atomic E-state index is 11.8.